The van der Waals surface area contributed by atoms with Gasteiger partial charge in [-0.15, -0.1) is 0 Å². The lowest BCUT2D eigenvalue weighted by Gasteiger charge is -2.07. The summed E-state index contributed by atoms with van der Waals surface area (Å²) in [7, 11) is 0. The van der Waals surface area contributed by atoms with E-state index < -0.39 is 0 Å². The van der Waals surface area contributed by atoms with E-state index in [0.717, 1.165) is 5.56 Å². The fourth-order valence-electron chi connectivity index (χ4n) is 1.56. The first kappa shape index (κ1) is 16.4. The highest BCUT2D eigenvalue weighted by atomic mass is 16.2. The molecule has 0 saturated carbocycles. The molecule has 2 N–H and O–H groups in total. The van der Waals surface area contributed by atoms with Gasteiger partial charge in [-0.1, -0.05) is 32.1 Å². The summed E-state index contributed by atoms with van der Waals surface area (Å²) in [6.07, 6.45) is 3.17. The van der Waals surface area contributed by atoms with Gasteiger partial charge in [0.05, 0.1) is 6.07 Å². The molecule has 0 aliphatic carbocycles. The number of nitrogens with one attached hydrogen (secondary N) is 2. The molecule has 0 atom stereocenters. The third-order valence-electron chi connectivity index (χ3n) is 2.56. The van der Waals surface area contributed by atoms with Crippen LogP contribution in [0.1, 0.15) is 25.8 Å². The highest BCUT2D eigenvalue weighted by molar-refractivity contribution is 5.99. The maximum absolute atomic E-state index is 11.7. The van der Waals surface area contributed by atoms with Gasteiger partial charge < -0.3 is 10.6 Å². The van der Waals surface area contributed by atoms with Gasteiger partial charge in [0.2, 0.25) is 11.8 Å². The number of nitrogens with zero attached hydrogens (tertiary/aromatic N) is 1. The third kappa shape index (κ3) is 6.92. The van der Waals surface area contributed by atoms with Crippen LogP contribution in [0.2, 0.25) is 0 Å². The lowest BCUT2D eigenvalue weighted by molar-refractivity contribution is -0.120. The van der Waals surface area contributed by atoms with Gasteiger partial charge in [-0.25, -0.2) is 0 Å². The number of benzene rings is 1. The Hall–Kier alpha value is -2.61. The number of hydrogen-bond acceptors (Lipinski definition) is 3. The summed E-state index contributed by atoms with van der Waals surface area (Å²) in [4.78, 5) is 22.9. The van der Waals surface area contributed by atoms with E-state index >= 15 is 0 Å². The van der Waals surface area contributed by atoms with Gasteiger partial charge in [0.1, 0.15) is 6.42 Å². The quantitative estimate of drug-likeness (QED) is 0.787. The molecule has 1 aromatic carbocycles. The molecule has 5 heteroatoms. The first-order chi connectivity index (χ1) is 10.0. The Morgan fingerprint density at radius 3 is 2.81 bits per heavy atom. The summed E-state index contributed by atoms with van der Waals surface area (Å²) in [6, 6.07) is 8.99. The number of anilines is 1. The number of hydrogen-bond donors (Lipinski definition) is 2. The Morgan fingerprint density at radius 1 is 1.38 bits per heavy atom. The predicted molar refractivity (Wildman–Crippen MR) is 81.1 cm³/mol. The first-order valence-electron chi connectivity index (χ1n) is 6.73. The Kier molecular flexibility index (Phi) is 6.69. The molecule has 0 bridgehead atoms. The summed E-state index contributed by atoms with van der Waals surface area (Å²) >= 11 is 0. The molecule has 0 radical (unpaired) electrons. The van der Waals surface area contributed by atoms with Gasteiger partial charge in [0, 0.05) is 12.2 Å². The van der Waals surface area contributed by atoms with E-state index in [-0.39, 0.29) is 18.2 Å². The molecule has 110 valence electrons. The standard InChI is InChI=1S/C16H19N3O2/c1-12(2)6-7-16(21)19-14-5-3-4-13(10-14)11-18-15(20)8-9-17/h3-7,10,12H,8,11H2,1-2H3,(H,18,20)(H,19,21)/b7-6+. The molecule has 21 heavy (non-hydrogen) atoms. The number of carbonyl (C=O) groups is 2. The number of nitriles is 1. The zero-order valence-electron chi connectivity index (χ0n) is 12.2. The van der Waals surface area contributed by atoms with E-state index in [9.17, 15) is 9.59 Å². The fourth-order valence-corrected chi connectivity index (χ4v) is 1.56. The fraction of sp³-hybridized carbons (Fsp3) is 0.312. The van der Waals surface area contributed by atoms with Crippen molar-refractivity contribution in [1.29, 1.82) is 5.26 Å². The van der Waals surface area contributed by atoms with E-state index in [4.69, 9.17) is 5.26 Å². The lowest BCUT2D eigenvalue weighted by Crippen LogP contribution is -2.21. The summed E-state index contributed by atoms with van der Waals surface area (Å²) in [5.74, 6) is -0.182. The number of allylic oxidation sites excluding steroid dienone is 1. The van der Waals surface area contributed by atoms with Crippen molar-refractivity contribution in [1.82, 2.24) is 5.32 Å². The monoisotopic (exact) mass is 285 g/mol. The largest absolute Gasteiger partial charge is 0.351 e. The summed E-state index contributed by atoms with van der Waals surface area (Å²) < 4.78 is 0. The van der Waals surface area contributed by atoms with Gasteiger partial charge in [0.25, 0.3) is 0 Å². The Morgan fingerprint density at radius 2 is 2.14 bits per heavy atom. The predicted octanol–water partition coefficient (Wildman–Crippen LogP) is 2.37. The molecular formula is C16H19N3O2. The topological polar surface area (TPSA) is 82.0 Å². The molecule has 5 nitrogen and oxygen atoms in total. The van der Waals surface area contributed by atoms with Crippen molar-refractivity contribution < 1.29 is 9.59 Å². The van der Waals surface area contributed by atoms with E-state index in [1.165, 1.54) is 6.08 Å². The van der Waals surface area contributed by atoms with Crippen LogP contribution in [0.4, 0.5) is 5.69 Å². The third-order valence-corrected chi connectivity index (χ3v) is 2.56. The first-order valence-corrected chi connectivity index (χ1v) is 6.73. The van der Waals surface area contributed by atoms with Gasteiger partial charge in [-0.2, -0.15) is 5.26 Å². The van der Waals surface area contributed by atoms with E-state index in [2.05, 4.69) is 10.6 Å². The van der Waals surface area contributed by atoms with Crippen LogP contribution in [0, 0.1) is 17.2 Å². The molecular weight excluding hydrogens is 266 g/mol. The lowest BCUT2D eigenvalue weighted by atomic mass is 10.2. The van der Waals surface area contributed by atoms with Crippen LogP contribution in [-0.4, -0.2) is 11.8 Å². The van der Waals surface area contributed by atoms with Crippen molar-refractivity contribution in [2.45, 2.75) is 26.8 Å². The van der Waals surface area contributed by atoms with Gasteiger partial charge >= 0.3 is 0 Å². The van der Waals surface area contributed by atoms with Gasteiger partial charge in [-0.3, -0.25) is 9.59 Å². The van der Waals surface area contributed by atoms with Crippen molar-refractivity contribution in [3.05, 3.63) is 42.0 Å². The van der Waals surface area contributed by atoms with Crippen molar-refractivity contribution in [3.63, 3.8) is 0 Å². The molecule has 0 heterocycles. The van der Waals surface area contributed by atoms with Crippen LogP contribution in [0.25, 0.3) is 0 Å². The average molecular weight is 285 g/mol. The van der Waals surface area contributed by atoms with Crippen LogP contribution >= 0.6 is 0 Å². The van der Waals surface area contributed by atoms with Crippen molar-refractivity contribution in [3.8, 4) is 6.07 Å². The van der Waals surface area contributed by atoms with Gasteiger partial charge in [0.15, 0.2) is 0 Å². The zero-order chi connectivity index (χ0) is 15.7. The molecule has 1 aromatic rings. The molecule has 2 amide bonds. The average Bonchev–Trinajstić information content (AvgIpc) is 2.44. The number of carbonyl (C=O) groups excluding carboxylic acids is 2. The SMILES string of the molecule is CC(C)/C=C/C(=O)Nc1cccc(CNC(=O)CC#N)c1. The summed E-state index contributed by atoms with van der Waals surface area (Å²) in [6.45, 7) is 4.31. The van der Waals surface area contributed by atoms with Crippen LogP contribution in [0.3, 0.4) is 0 Å². The molecule has 0 aliphatic rings. The molecule has 0 unspecified atom stereocenters. The highest BCUT2D eigenvalue weighted by Crippen LogP contribution is 2.10. The van der Waals surface area contributed by atoms with Crippen molar-refractivity contribution in [2.24, 2.45) is 5.92 Å². The molecule has 0 aliphatic heterocycles. The second-order valence-corrected chi connectivity index (χ2v) is 4.90. The van der Waals surface area contributed by atoms with E-state index in [1.807, 2.05) is 26.0 Å². The van der Waals surface area contributed by atoms with Crippen molar-refractivity contribution >= 4 is 17.5 Å². The minimum Gasteiger partial charge on any atom is -0.351 e. The normalized spacial score (nSPS) is 10.4. The molecule has 0 saturated heterocycles. The Bertz CT molecular complexity index is 571. The summed E-state index contributed by atoms with van der Waals surface area (Å²) in [5.41, 5.74) is 1.52. The Labute approximate surface area is 124 Å². The van der Waals surface area contributed by atoms with Crippen LogP contribution in [-0.2, 0) is 16.1 Å². The number of rotatable bonds is 6. The maximum atomic E-state index is 11.7. The van der Waals surface area contributed by atoms with Crippen molar-refractivity contribution in [2.75, 3.05) is 5.32 Å². The van der Waals surface area contributed by atoms with Gasteiger partial charge in [-0.05, 0) is 29.7 Å². The zero-order valence-corrected chi connectivity index (χ0v) is 12.2. The van der Waals surface area contributed by atoms with Crippen LogP contribution < -0.4 is 10.6 Å². The smallest absolute Gasteiger partial charge is 0.248 e. The van der Waals surface area contributed by atoms with Crippen LogP contribution in [0.5, 0.6) is 0 Å². The second kappa shape index (κ2) is 8.54. The minimum atomic E-state index is -0.313. The minimum absolute atomic E-state index is 0.156. The van der Waals surface area contributed by atoms with Crippen LogP contribution in [0.15, 0.2) is 36.4 Å². The highest BCUT2D eigenvalue weighted by Gasteiger charge is 2.02. The molecule has 0 aromatic heterocycles. The molecule has 0 fully saturated rings. The van der Waals surface area contributed by atoms with E-state index in [0.29, 0.717) is 18.2 Å². The Balaban J connectivity index is 2.58. The molecule has 1 rings (SSSR count). The van der Waals surface area contributed by atoms with E-state index in [1.54, 1.807) is 24.3 Å². The molecule has 0 spiro atoms. The summed E-state index contributed by atoms with van der Waals surface area (Å²) in [5, 5.41) is 13.8. The maximum Gasteiger partial charge on any atom is 0.248 e. The second-order valence-electron chi connectivity index (χ2n) is 4.90. The number of amides is 2.